The van der Waals surface area contributed by atoms with Crippen molar-refractivity contribution in [2.75, 3.05) is 5.32 Å². The third-order valence-electron chi connectivity index (χ3n) is 4.76. The van der Waals surface area contributed by atoms with Crippen LogP contribution in [0.4, 0.5) is 15.8 Å². The van der Waals surface area contributed by atoms with E-state index in [2.05, 4.69) is 29.4 Å². The number of non-ortho nitro benzene ring substituents is 1. The predicted octanol–water partition coefficient (Wildman–Crippen LogP) is 5.24. The third kappa shape index (κ3) is 6.53. The van der Waals surface area contributed by atoms with E-state index in [0.717, 1.165) is 0 Å². The average molecular weight is 488 g/mol. The van der Waals surface area contributed by atoms with Gasteiger partial charge in [-0.25, -0.2) is 4.39 Å². The summed E-state index contributed by atoms with van der Waals surface area (Å²) in [5, 5.41) is 22.3. The highest BCUT2D eigenvalue weighted by Crippen LogP contribution is 2.28. The number of ether oxygens (including phenoxy) is 1. The highest BCUT2D eigenvalue weighted by molar-refractivity contribution is 8.00. The first-order valence-electron chi connectivity index (χ1n) is 10.7. The molecule has 0 aliphatic heterocycles. The molecule has 0 aliphatic carbocycles. The van der Waals surface area contributed by atoms with Crippen molar-refractivity contribution in [3.8, 4) is 5.75 Å². The zero-order chi connectivity index (χ0) is 24.8. The van der Waals surface area contributed by atoms with E-state index >= 15 is 0 Å². The van der Waals surface area contributed by atoms with Gasteiger partial charge in [-0.1, -0.05) is 31.7 Å². The van der Waals surface area contributed by atoms with Gasteiger partial charge in [0.15, 0.2) is 17.1 Å². The number of anilines is 1. The normalized spacial score (nSPS) is 12.9. The van der Waals surface area contributed by atoms with E-state index < -0.39 is 16.3 Å². The molecule has 0 saturated heterocycles. The molecule has 0 saturated carbocycles. The van der Waals surface area contributed by atoms with Gasteiger partial charge in [-0.05, 0) is 50.1 Å². The van der Waals surface area contributed by atoms with Crippen molar-refractivity contribution >= 4 is 29.0 Å². The summed E-state index contributed by atoms with van der Waals surface area (Å²) < 4.78 is 21.0. The molecule has 3 rings (SSSR count). The maximum Gasteiger partial charge on any atom is 0.271 e. The lowest BCUT2D eigenvalue weighted by atomic mass is 10.2. The molecule has 0 radical (unpaired) electrons. The van der Waals surface area contributed by atoms with Crippen molar-refractivity contribution in [2.45, 2.75) is 50.8 Å². The van der Waals surface area contributed by atoms with Crippen LogP contribution < -0.4 is 10.1 Å². The number of nitro benzene ring substituents is 1. The highest BCUT2D eigenvalue weighted by atomic mass is 32.2. The van der Waals surface area contributed by atoms with Crippen molar-refractivity contribution in [3.05, 3.63) is 70.3 Å². The van der Waals surface area contributed by atoms with Crippen LogP contribution in [0.3, 0.4) is 0 Å². The molecule has 1 aromatic heterocycles. The van der Waals surface area contributed by atoms with Gasteiger partial charge in [-0.15, -0.1) is 10.2 Å². The van der Waals surface area contributed by atoms with Crippen molar-refractivity contribution in [1.29, 1.82) is 0 Å². The SMILES string of the molecule is CC(C)Cn1c(SC(C)C(=O)Nc2cccc([N+](=O)[O-])c2)nnc1C(C)Oc1ccc(F)cc1. The molecule has 0 spiro atoms. The minimum atomic E-state index is -0.546. The smallest absolute Gasteiger partial charge is 0.271 e. The summed E-state index contributed by atoms with van der Waals surface area (Å²) in [5.74, 6) is 0.709. The monoisotopic (exact) mass is 487 g/mol. The molecule has 1 amide bonds. The fraction of sp³-hybridized carbons (Fsp3) is 0.348. The van der Waals surface area contributed by atoms with Gasteiger partial charge in [0.1, 0.15) is 11.6 Å². The second kappa shape index (κ2) is 11.1. The molecule has 11 heteroatoms. The number of aromatic nitrogens is 3. The Morgan fingerprint density at radius 1 is 1.18 bits per heavy atom. The van der Waals surface area contributed by atoms with E-state index in [9.17, 15) is 19.3 Å². The first-order valence-corrected chi connectivity index (χ1v) is 11.6. The molecule has 2 aromatic carbocycles. The van der Waals surface area contributed by atoms with Crippen LogP contribution in [-0.4, -0.2) is 30.8 Å². The van der Waals surface area contributed by atoms with Crippen LogP contribution in [0, 0.1) is 21.8 Å². The number of thioether (sulfide) groups is 1. The van der Waals surface area contributed by atoms with E-state index in [-0.39, 0.29) is 23.3 Å². The number of carbonyl (C=O) groups is 1. The zero-order valence-electron chi connectivity index (χ0n) is 19.3. The predicted molar refractivity (Wildman–Crippen MR) is 127 cm³/mol. The number of carbonyl (C=O) groups excluding carboxylic acids is 1. The number of amides is 1. The Hall–Kier alpha value is -3.47. The molecule has 1 heterocycles. The van der Waals surface area contributed by atoms with Crippen molar-refractivity contribution in [1.82, 2.24) is 14.8 Å². The van der Waals surface area contributed by atoms with Crippen LogP contribution in [0.15, 0.2) is 53.7 Å². The summed E-state index contributed by atoms with van der Waals surface area (Å²) >= 11 is 1.23. The number of nitrogens with zero attached hydrogens (tertiary/aromatic N) is 4. The van der Waals surface area contributed by atoms with Gasteiger partial charge in [-0.3, -0.25) is 14.9 Å². The van der Waals surface area contributed by atoms with Gasteiger partial charge < -0.3 is 14.6 Å². The summed E-state index contributed by atoms with van der Waals surface area (Å²) in [5.41, 5.74) is 0.242. The van der Waals surface area contributed by atoms with Gasteiger partial charge in [-0.2, -0.15) is 0 Å². The number of benzene rings is 2. The van der Waals surface area contributed by atoms with Crippen LogP contribution >= 0.6 is 11.8 Å². The van der Waals surface area contributed by atoms with Gasteiger partial charge in [0.05, 0.1) is 10.2 Å². The molecular formula is C23H26FN5O4S. The zero-order valence-corrected chi connectivity index (χ0v) is 20.1. The van der Waals surface area contributed by atoms with E-state index in [1.165, 1.54) is 42.1 Å². The maximum atomic E-state index is 13.2. The number of hydrogen-bond donors (Lipinski definition) is 1. The Bertz CT molecular complexity index is 1150. The summed E-state index contributed by atoms with van der Waals surface area (Å²) in [6.07, 6.45) is -0.458. The van der Waals surface area contributed by atoms with Crippen LogP contribution in [0.2, 0.25) is 0 Å². The summed E-state index contributed by atoms with van der Waals surface area (Å²) in [6.45, 7) is 8.28. The van der Waals surface area contributed by atoms with Crippen LogP contribution in [-0.2, 0) is 11.3 Å². The van der Waals surface area contributed by atoms with E-state index in [1.54, 1.807) is 25.1 Å². The second-order valence-corrected chi connectivity index (χ2v) is 9.42. The number of hydrogen-bond acceptors (Lipinski definition) is 7. The van der Waals surface area contributed by atoms with Crippen LogP contribution in [0.1, 0.15) is 39.6 Å². The molecule has 180 valence electrons. The molecule has 1 N–H and O–H groups in total. The highest BCUT2D eigenvalue weighted by Gasteiger charge is 2.24. The molecule has 3 aromatic rings. The van der Waals surface area contributed by atoms with Gasteiger partial charge in [0.2, 0.25) is 5.91 Å². The first kappa shape index (κ1) is 25.2. The third-order valence-corrected chi connectivity index (χ3v) is 5.84. The maximum absolute atomic E-state index is 13.2. The average Bonchev–Trinajstić information content (AvgIpc) is 3.17. The first-order chi connectivity index (χ1) is 16.1. The number of nitrogens with one attached hydrogen (secondary N) is 1. The molecule has 2 unspecified atom stereocenters. The Morgan fingerprint density at radius 3 is 2.53 bits per heavy atom. The molecule has 34 heavy (non-hydrogen) atoms. The lowest BCUT2D eigenvalue weighted by molar-refractivity contribution is -0.384. The summed E-state index contributed by atoms with van der Waals surface area (Å²) in [7, 11) is 0. The van der Waals surface area contributed by atoms with Gasteiger partial charge >= 0.3 is 0 Å². The molecule has 2 atom stereocenters. The van der Waals surface area contributed by atoms with Crippen molar-refractivity contribution in [3.63, 3.8) is 0 Å². The standard InChI is InChI=1S/C23H26FN5O4S/c1-14(2)13-28-21(15(3)33-20-10-8-17(24)9-11-20)26-27-23(28)34-16(4)22(30)25-18-6-5-7-19(12-18)29(31)32/h5-12,14-16H,13H2,1-4H3,(H,25,30). The summed E-state index contributed by atoms with van der Waals surface area (Å²) in [6, 6.07) is 11.5. The fourth-order valence-electron chi connectivity index (χ4n) is 3.15. The summed E-state index contributed by atoms with van der Waals surface area (Å²) in [4.78, 5) is 23.2. The van der Waals surface area contributed by atoms with Crippen LogP contribution in [0.25, 0.3) is 0 Å². The molecule has 0 fully saturated rings. The Balaban J connectivity index is 1.74. The number of rotatable bonds is 10. The topological polar surface area (TPSA) is 112 Å². The Morgan fingerprint density at radius 2 is 1.88 bits per heavy atom. The quantitative estimate of drug-likeness (QED) is 0.236. The molecular weight excluding hydrogens is 461 g/mol. The Kier molecular flexibility index (Phi) is 8.21. The number of nitro groups is 1. The van der Waals surface area contributed by atoms with Gasteiger partial charge in [0, 0.05) is 24.4 Å². The van der Waals surface area contributed by atoms with E-state index in [1.807, 2.05) is 11.5 Å². The minimum Gasteiger partial charge on any atom is -0.483 e. The second-order valence-electron chi connectivity index (χ2n) is 8.12. The molecule has 0 aliphatic rings. The van der Waals surface area contributed by atoms with E-state index in [4.69, 9.17) is 4.74 Å². The lowest BCUT2D eigenvalue weighted by Gasteiger charge is -2.18. The minimum absolute atomic E-state index is 0.102. The fourth-order valence-corrected chi connectivity index (χ4v) is 4.01. The van der Waals surface area contributed by atoms with Crippen molar-refractivity contribution in [2.24, 2.45) is 5.92 Å². The Labute approximate surface area is 200 Å². The van der Waals surface area contributed by atoms with Crippen molar-refractivity contribution < 1.29 is 18.8 Å². The molecule has 0 bridgehead atoms. The van der Waals surface area contributed by atoms with Crippen LogP contribution in [0.5, 0.6) is 5.75 Å². The van der Waals surface area contributed by atoms with E-state index in [0.29, 0.717) is 29.0 Å². The number of halogens is 1. The molecule has 9 nitrogen and oxygen atoms in total. The largest absolute Gasteiger partial charge is 0.483 e. The lowest BCUT2D eigenvalue weighted by Crippen LogP contribution is -2.23. The van der Waals surface area contributed by atoms with Gasteiger partial charge in [0.25, 0.3) is 5.69 Å².